The van der Waals surface area contributed by atoms with Gasteiger partial charge in [-0.1, -0.05) is 25.1 Å². The SMILES string of the molecule is CCOC(=O)c1c(COC(=O)[C@H]2C[C@H]2C)nc2ccccc2c1C. The maximum Gasteiger partial charge on any atom is 0.340 e. The van der Waals surface area contributed by atoms with Crippen molar-refractivity contribution in [3.63, 3.8) is 0 Å². The Morgan fingerprint density at radius 1 is 1.25 bits per heavy atom. The molecule has 1 aliphatic rings. The zero-order chi connectivity index (χ0) is 17.3. The van der Waals surface area contributed by atoms with Crippen LogP contribution in [0, 0.1) is 18.8 Å². The quantitative estimate of drug-likeness (QED) is 0.787. The lowest BCUT2D eigenvalue weighted by molar-refractivity contribution is -0.147. The zero-order valence-electron chi connectivity index (χ0n) is 14.2. The second-order valence-electron chi connectivity index (χ2n) is 6.22. The number of para-hydroxylation sites is 1. The molecule has 1 aliphatic carbocycles. The fourth-order valence-electron chi connectivity index (χ4n) is 2.92. The first kappa shape index (κ1) is 16.4. The summed E-state index contributed by atoms with van der Waals surface area (Å²) >= 11 is 0. The first-order valence-electron chi connectivity index (χ1n) is 8.24. The summed E-state index contributed by atoms with van der Waals surface area (Å²) in [5.74, 6) is -0.282. The van der Waals surface area contributed by atoms with Crippen LogP contribution in [-0.2, 0) is 20.9 Å². The van der Waals surface area contributed by atoms with Crippen LogP contribution in [0.25, 0.3) is 10.9 Å². The lowest BCUT2D eigenvalue weighted by Crippen LogP contribution is -2.15. The molecule has 0 N–H and O–H groups in total. The predicted octanol–water partition coefficient (Wildman–Crippen LogP) is 3.42. The molecule has 126 valence electrons. The van der Waals surface area contributed by atoms with Gasteiger partial charge in [-0.25, -0.2) is 9.78 Å². The second kappa shape index (κ2) is 6.59. The minimum atomic E-state index is -0.431. The van der Waals surface area contributed by atoms with Gasteiger partial charge in [0, 0.05) is 5.39 Å². The molecule has 0 amide bonds. The number of carbonyl (C=O) groups is 2. The first-order chi connectivity index (χ1) is 11.5. The molecule has 24 heavy (non-hydrogen) atoms. The van der Waals surface area contributed by atoms with Gasteiger partial charge in [0.25, 0.3) is 0 Å². The monoisotopic (exact) mass is 327 g/mol. The largest absolute Gasteiger partial charge is 0.462 e. The second-order valence-corrected chi connectivity index (χ2v) is 6.22. The Kier molecular flexibility index (Phi) is 4.51. The van der Waals surface area contributed by atoms with Crippen molar-refractivity contribution < 1.29 is 19.1 Å². The predicted molar refractivity (Wildman–Crippen MR) is 89.5 cm³/mol. The number of aromatic nitrogens is 1. The van der Waals surface area contributed by atoms with Gasteiger partial charge in [-0.05, 0) is 37.8 Å². The Bertz CT molecular complexity index is 799. The molecule has 2 aromatic rings. The molecule has 0 unspecified atom stereocenters. The fourth-order valence-corrected chi connectivity index (χ4v) is 2.92. The molecule has 1 aromatic heterocycles. The molecule has 5 nitrogen and oxygen atoms in total. The van der Waals surface area contributed by atoms with Gasteiger partial charge in [0.2, 0.25) is 0 Å². The van der Waals surface area contributed by atoms with Crippen molar-refractivity contribution in [3.05, 3.63) is 41.1 Å². The molecule has 0 radical (unpaired) electrons. The van der Waals surface area contributed by atoms with Crippen molar-refractivity contribution in [1.82, 2.24) is 4.98 Å². The number of carbonyl (C=O) groups excluding carboxylic acids is 2. The minimum absolute atomic E-state index is 0.0120. The zero-order valence-corrected chi connectivity index (χ0v) is 14.2. The van der Waals surface area contributed by atoms with Crippen LogP contribution in [0.15, 0.2) is 24.3 Å². The molecule has 1 saturated carbocycles. The molecule has 0 bridgehead atoms. The van der Waals surface area contributed by atoms with Crippen molar-refractivity contribution in [1.29, 1.82) is 0 Å². The van der Waals surface area contributed by atoms with Crippen LogP contribution < -0.4 is 0 Å². The van der Waals surface area contributed by atoms with Crippen LogP contribution in [0.4, 0.5) is 0 Å². The Morgan fingerprint density at radius 3 is 2.62 bits per heavy atom. The highest BCUT2D eigenvalue weighted by molar-refractivity contribution is 5.98. The van der Waals surface area contributed by atoms with Gasteiger partial charge in [-0.2, -0.15) is 0 Å². The van der Waals surface area contributed by atoms with E-state index in [1.54, 1.807) is 6.92 Å². The number of nitrogens with zero attached hydrogens (tertiary/aromatic N) is 1. The van der Waals surface area contributed by atoms with Crippen molar-refractivity contribution >= 4 is 22.8 Å². The standard InChI is InChI=1S/C19H21NO4/c1-4-23-19(22)17-12(3)13-7-5-6-8-15(13)20-16(17)10-24-18(21)14-9-11(14)2/h5-8,11,14H,4,9-10H2,1-3H3/t11-,14+/m1/s1. The van der Waals surface area contributed by atoms with Gasteiger partial charge in [-0.3, -0.25) is 4.79 Å². The third-order valence-electron chi connectivity index (χ3n) is 4.47. The van der Waals surface area contributed by atoms with E-state index in [0.29, 0.717) is 17.2 Å². The smallest absolute Gasteiger partial charge is 0.340 e. The Hall–Kier alpha value is -2.43. The van der Waals surface area contributed by atoms with Gasteiger partial charge in [0.05, 0.1) is 29.3 Å². The number of ether oxygens (including phenoxy) is 2. The van der Waals surface area contributed by atoms with Crippen molar-refractivity contribution in [2.45, 2.75) is 33.8 Å². The number of rotatable bonds is 5. The fraction of sp³-hybridized carbons (Fsp3) is 0.421. The van der Waals surface area contributed by atoms with Crippen LogP contribution in [0.3, 0.4) is 0 Å². The van der Waals surface area contributed by atoms with Crippen LogP contribution >= 0.6 is 0 Å². The molecule has 1 aromatic carbocycles. The van der Waals surface area contributed by atoms with E-state index in [4.69, 9.17) is 9.47 Å². The van der Waals surface area contributed by atoms with E-state index in [1.807, 2.05) is 38.1 Å². The van der Waals surface area contributed by atoms with Crippen LogP contribution in [-0.4, -0.2) is 23.5 Å². The average Bonchev–Trinajstić information content (AvgIpc) is 3.30. The summed E-state index contributed by atoms with van der Waals surface area (Å²) in [7, 11) is 0. The van der Waals surface area contributed by atoms with E-state index in [-0.39, 0.29) is 25.1 Å². The molecular formula is C19H21NO4. The maximum absolute atomic E-state index is 12.4. The maximum atomic E-state index is 12.4. The van der Waals surface area contributed by atoms with E-state index >= 15 is 0 Å². The summed E-state index contributed by atoms with van der Waals surface area (Å²) < 4.78 is 10.5. The summed E-state index contributed by atoms with van der Waals surface area (Å²) in [6.07, 6.45) is 0.869. The molecule has 5 heteroatoms. The number of fused-ring (bicyclic) bond motifs is 1. The van der Waals surface area contributed by atoms with Crippen LogP contribution in [0.1, 0.15) is 41.9 Å². The molecule has 3 rings (SSSR count). The minimum Gasteiger partial charge on any atom is -0.462 e. The number of esters is 2. The van der Waals surface area contributed by atoms with Gasteiger partial charge >= 0.3 is 11.9 Å². The van der Waals surface area contributed by atoms with E-state index in [9.17, 15) is 9.59 Å². The van der Waals surface area contributed by atoms with E-state index < -0.39 is 5.97 Å². The van der Waals surface area contributed by atoms with Gasteiger partial charge in [-0.15, -0.1) is 0 Å². The molecule has 0 spiro atoms. The lowest BCUT2D eigenvalue weighted by atomic mass is 10.0. The van der Waals surface area contributed by atoms with Gasteiger partial charge < -0.3 is 9.47 Å². The van der Waals surface area contributed by atoms with Gasteiger partial charge in [0.1, 0.15) is 6.61 Å². The Balaban J connectivity index is 1.95. The first-order valence-corrected chi connectivity index (χ1v) is 8.24. The van der Waals surface area contributed by atoms with Crippen LogP contribution in [0.5, 0.6) is 0 Å². The summed E-state index contributed by atoms with van der Waals surface area (Å²) in [6.45, 7) is 5.92. The van der Waals surface area contributed by atoms with Crippen molar-refractivity contribution in [3.8, 4) is 0 Å². The van der Waals surface area contributed by atoms with E-state index in [1.165, 1.54) is 0 Å². The van der Waals surface area contributed by atoms with Gasteiger partial charge in [0.15, 0.2) is 0 Å². The Labute approximate surface area is 141 Å². The van der Waals surface area contributed by atoms with E-state index in [0.717, 1.165) is 22.9 Å². The summed E-state index contributed by atoms with van der Waals surface area (Å²) in [5.41, 5.74) is 2.41. The molecule has 2 atom stereocenters. The van der Waals surface area contributed by atoms with Crippen molar-refractivity contribution in [2.75, 3.05) is 6.61 Å². The molecule has 0 aliphatic heterocycles. The highest BCUT2D eigenvalue weighted by Gasteiger charge is 2.40. The van der Waals surface area contributed by atoms with E-state index in [2.05, 4.69) is 4.98 Å². The number of hydrogen-bond acceptors (Lipinski definition) is 5. The number of benzene rings is 1. The summed E-state index contributed by atoms with van der Waals surface area (Å²) in [5, 5.41) is 0.895. The summed E-state index contributed by atoms with van der Waals surface area (Å²) in [4.78, 5) is 28.9. The molecular weight excluding hydrogens is 306 g/mol. The van der Waals surface area contributed by atoms with Crippen molar-refractivity contribution in [2.24, 2.45) is 11.8 Å². The number of pyridine rings is 1. The topological polar surface area (TPSA) is 65.5 Å². The molecule has 0 saturated heterocycles. The van der Waals surface area contributed by atoms with Crippen LogP contribution in [0.2, 0.25) is 0 Å². The summed E-state index contributed by atoms with van der Waals surface area (Å²) in [6, 6.07) is 7.59. The highest BCUT2D eigenvalue weighted by Crippen LogP contribution is 2.38. The third-order valence-corrected chi connectivity index (χ3v) is 4.47. The number of aryl methyl sites for hydroxylation is 1. The normalized spacial score (nSPS) is 19.1. The highest BCUT2D eigenvalue weighted by atomic mass is 16.5. The number of hydrogen-bond donors (Lipinski definition) is 0. The Morgan fingerprint density at radius 2 is 1.96 bits per heavy atom. The average molecular weight is 327 g/mol. The third kappa shape index (κ3) is 3.11. The lowest BCUT2D eigenvalue weighted by Gasteiger charge is -2.14. The molecule has 1 heterocycles. The molecule has 1 fully saturated rings.